The van der Waals surface area contributed by atoms with Gasteiger partial charge in [0.15, 0.2) is 0 Å². The summed E-state index contributed by atoms with van der Waals surface area (Å²) in [6.07, 6.45) is 8.43. The van der Waals surface area contributed by atoms with Crippen LogP contribution in [0.15, 0.2) is 22.7 Å². The first-order valence-corrected chi connectivity index (χ1v) is 8.08. The molecule has 1 aliphatic carbocycles. The normalized spacial score (nSPS) is 19.7. The fraction of sp³-hybridized carbons (Fsp3) is 0.625. The van der Waals surface area contributed by atoms with Crippen molar-refractivity contribution in [3.05, 3.63) is 34.1 Å². The van der Waals surface area contributed by atoms with E-state index in [4.69, 9.17) is 0 Å². The fourth-order valence-electron chi connectivity index (χ4n) is 2.96. The number of aliphatic hydroxyl groups excluding tert-OH is 1. The average Bonchev–Trinajstić information content (AvgIpc) is 2.33. The van der Waals surface area contributed by atoms with E-state index in [1.165, 1.54) is 38.2 Å². The van der Waals surface area contributed by atoms with E-state index in [-0.39, 0.29) is 5.82 Å². The van der Waals surface area contributed by atoms with Crippen molar-refractivity contribution in [2.45, 2.75) is 57.5 Å². The van der Waals surface area contributed by atoms with Gasteiger partial charge in [0.2, 0.25) is 0 Å². The van der Waals surface area contributed by atoms with Gasteiger partial charge in [-0.3, -0.25) is 0 Å². The molecule has 3 heteroatoms. The highest BCUT2D eigenvalue weighted by Gasteiger charge is 2.21. The monoisotopic (exact) mass is 328 g/mol. The summed E-state index contributed by atoms with van der Waals surface area (Å²) in [5, 5.41) is 10.4. The maximum Gasteiger partial charge on any atom is 0.126 e. The Bertz CT molecular complexity index is 400. The van der Waals surface area contributed by atoms with Crippen molar-refractivity contribution in [3.8, 4) is 0 Å². The molecule has 1 N–H and O–H groups in total. The van der Waals surface area contributed by atoms with E-state index in [2.05, 4.69) is 15.9 Å². The average molecular weight is 329 g/mol. The van der Waals surface area contributed by atoms with Gasteiger partial charge in [-0.25, -0.2) is 4.39 Å². The van der Waals surface area contributed by atoms with Gasteiger partial charge in [0.1, 0.15) is 5.82 Å². The van der Waals surface area contributed by atoms with E-state index in [1.807, 2.05) is 0 Å². The molecule has 1 aromatic rings. The SMILES string of the molecule is OC(Cc1cc(Br)ccc1F)C1CCCCCCC1. The van der Waals surface area contributed by atoms with Gasteiger partial charge in [-0.15, -0.1) is 0 Å². The topological polar surface area (TPSA) is 20.2 Å². The van der Waals surface area contributed by atoms with Gasteiger partial charge in [-0.1, -0.05) is 48.0 Å². The van der Waals surface area contributed by atoms with Gasteiger partial charge in [0, 0.05) is 10.9 Å². The second kappa shape index (κ2) is 7.39. The van der Waals surface area contributed by atoms with Crippen LogP contribution in [-0.4, -0.2) is 11.2 Å². The molecule has 1 aromatic carbocycles. The molecule has 1 saturated carbocycles. The number of halogens is 2. The second-order valence-electron chi connectivity index (χ2n) is 5.61. The Morgan fingerprint density at radius 3 is 2.47 bits per heavy atom. The third-order valence-corrected chi connectivity index (χ3v) is 4.62. The van der Waals surface area contributed by atoms with E-state index < -0.39 is 6.10 Å². The van der Waals surface area contributed by atoms with Crippen molar-refractivity contribution in [3.63, 3.8) is 0 Å². The van der Waals surface area contributed by atoms with Gasteiger partial charge < -0.3 is 5.11 Å². The molecule has 0 spiro atoms. The molecule has 0 heterocycles. The quantitative estimate of drug-likeness (QED) is 0.840. The number of rotatable bonds is 3. The zero-order chi connectivity index (χ0) is 13.7. The Kier molecular flexibility index (Phi) is 5.83. The van der Waals surface area contributed by atoms with E-state index in [0.717, 1.165) is 17.3 Å². The lowest BCUT2D eigenvalue weighted by molar-refractivity contribution is 0.0905. The molecule has 0 radical (unpaired) electrons. The third-order valence-electron chi connectivity index (χ3n) is 4.13. The summed E-state index contributed by atoms with van der Waals surface area (Å²) in [7, 11) is 0. The largest absolute Gasteiger partial charge is 0.392 e. The molecule has 0 saturated heterocycles. The summed E-state index contributed by atoms with van der Waals surface area (Å²) in [6, 6.07) is 4.94. The molecule has 0 aliphatic heterocycles. The van der Waals surface area contributed by atoms with Crippen LogP contribution in [0.25, 0.3) is 0 Å². The highest BCUT2D eigenvalue weighted by atomic mass is 79.9. The molecule has 1 fully saturated rings. The van der Waals surface area contributed by atoms with Crippen molar-refractivity contribution in [2.24, 2.45) is 5.92 Å². The van der Waals surface area contributed by atoms with Crippen LogP contribution in [-0.2, 0) is 6.42 Å². The van der Waals surface area contributed by atoms with Crippen LogP contribution >= 0.6 is 15.9 Å². The minimum atomic E-state index is -0.415. The number of hydrogen-bond acceptors (Lipinski definition) is 1. The summed E-state index contributed by atoms with van der Waals surface area (Å²) < 4.78 is 14.6. The lowest BCUT2D eigenvalue weighted by atomic mass is 9.85. The molecule has 0 aromatic heterocycles. The number of benzene rings is 1. The first kappa shape index (κ1) is 15.0. The molecule has 0 bridgehead atoms. The first-order chi connectivity index (χ1) is 9.16. The van der Waals surface area contributed by atoms with Crippen LogP contribution in [0.1, 0.15) is 50.5 Å². The van der Waals surface area contributed by atoms with Crippen molar-refractivity contribution < 1.29 is 9.50 Å². The Labute approximate surface area is 123 Å². The molecule has 1 atom stereocenters. The van der Waals surface area contributed by atoms with Crippen LogP contribution in [0.3, 0.4) is 0 Å². The van der Waals surface area contributed by atoms with Gasteiger partial charge in [-0.05, 0) is 42.5 Å². The number of hydrogen-bond donors (Lipinski definition) is 1. The molecule has 1 nitrogen and oxygen atoms in total. The smallest absolute Gasteiger partial charge is 0.126 e. The lowest BCUT2D eigenvalue weighted by Crippen LogP contribution is -2.24. The van der Waals surface area contributed by atoms with Crippen LogP contribution in [0, 0.1) is 11.7 Å². The Morgan fingerprint density at radius 2 is 1.79 bits per heavy atom. The lowest BCUT2D eigenvalue weighted by Gasteiger charge is -2.25. The Morgan fingerprint density at radius 1 is 1.16 bits per heavy atom. The molecule has 1 aliphatic rings. The summed E-state index contributed by atoms with van der Waals surface area (Å²) in [6.45, 7) is 0. The Hall–Kier alpha value is -0.410. The predicted octanol–water partition coefficient (Wildman–Crippen LogP) is 4.85. The van der Waals surface area contributed by atoms with Crippen molar-refractivity contribution in [1.82, 2.24) is 0 Å². The molecular weight excluding hydrogens is 307 g/mol. The minimum absolute atomic E-state index is 0.215. The van der Waals surface area contributed by atoms with Gasteiger partial charge >= 0.3 is 0 Å². The zero-order valence-corrected chi connectivity index (χ0v) is 12.8. The van der Waals surface area contributed by atoms with Gasteiger partial charge in [0.25, 0.3) is 0 Å². The molecule has 2 rings (SSSR count). The molecule has 106 valence electrons. The van der Waals surface area contributed by atoms with Crippen molar-refractivity contribution >= 4 is 15.9 Å². The predicted molar refractivity (Wildman–Crippen MR) is 79.6 cm³/mol. The van der Waals surface area contributed by atoms with Crippen LogP contribution in [0.2, 0.25) is 0 Å². The van der Waals surface area contributed by atoms with Gasteiger partial charge in [-0.2, -0.15) is 0 Å². The fourth-order valence-corrected chi connectivity index (χ4v) is 3.37. The molecule has 0 amide bonds. The maximum absolute atomic E-state index is 13.7. The maximum atomic E-state index is 13.7. The summed E-state index contributed by atoms with van der Waals surface area (Å²) in [4.78, 5) is 0. The highest BCUT2D eigenvalue weighted by Crippen LogP contribution is 2.27. The van der Waals surface area contributed by atoms with Crippen LogP contribution in [0.4, 0.5) is 4.39 Å². The van der Waals surface area contributed by atoms with Crippen LogP contribution in [0.5, 0.6) is 0 Å². The summed E-state index contributed by atoms with van der Waals surface area (Å²) >= 11 is 3.36. The summed E-state index contributed by atoms with van der Waals surface area (Å²) in [5.74, 6) is 0.117. The van der Waals surface area contributed by atoms with E-state index in [1.54, 1.807) is 12.1 Å². The number of aliphatic hydroxyl groups is 1. The molecule has 19 heavy (non-hydrogen) atoms. The molecule has 1 unspecified atom stereocenters. The van der Waals surface area contributed by atoms with E-state index >= 15 is 0 Å². The van der Waals surface area contributed by atoms with E-state index in [0.29, 0.717) is 17.9 Å². The van der Waals surface area contributed by atoms with Crippen LogP contribution < -0.4 is 0 Å². The third kappa shape index (κ3) is 4.57. The molecular formula is C16H22BrFO. The van der Waals surface area contributed by atoms with Gasteiger partial charge in [0.05, 0.1) is 6.10 Å². The van der Waals surface area contributed by atoms with Crippen molar-refractivity contribution in [1.29, 1.82) is 0 Å². The Balaban J connectivity index is 1.98. The summed E-state index contributed by atoms with van der Waals surface area (Å²) in [5.41, 5.74) is 0.615. The standard InChI is InChI=1S/C16H22BrFO/c17-14-8-9-15(18)13(10-14)11-16(19)12-6-4-2-1-3-5-7-12/h8-10,12,16,19H,1-7,11H2. The van der Waals surface area contributed by atoms with E-state index in [9.17, 15) is 9.50 Å². The highest BCUT2D eigenvalue weighted by molar-refractivity contribution is 9.10. The second-order valence-corrected chi connectivity index (χ2v) is 6.53. The minimum Gasteiger partial charge on any atom is -0.392 e. The zero-order valence-electron chi connectivity index (χ0n) is 11.2. The first-order valence-electron chi connectivity index (χ1n) is 7.29. The van der Waals surface area contributed by atoms with Crippen molar-refractivity contribution in [2.75, 3.05) is 0 Å².